The van der Waals surface area contributed by atoms with Crippen LogP contribution >= 0.6 is 11.3 Å². The SMILES string of the molecule is COc1ccc(C(=O)Nc2nc3ccccc3s2)c2c1CCN(c1ccc(-c3cnn(CC45CC6(C)CC(C)(C4)CC(OCCN(C)C(=O)OCc4ccc(O[C@@H]7O[C@H](C(=O)O)[C@@H](O)[C@H](O)[C@H]7O)cc4OCCCN)(C6)C5)c3C)c(C(=O)O)n1)C2. The van der Waals surface area contributed by atoms with Gasteiger partial charge >= 0.3 is 18.0 Å². The molecule has 4 aliphatic carbocycles. The number of aromatic carboxylic acids is 1. The van der Waals surface area contributed by atoms with Crippen molar-refractivity contribution in [2.75, 3.05) is 57.2 Å². The molecule has 0 spiro atoms. The largest absolute Gasteiger partial charge is 0.496 e. The van der Waals surface area contributed by atoms with Crippen LogP contribution in [0.5, 0.6) is 17.2 Å². The average Bonchev–Trinajstić information content (AvgIpc) is 0.872. The normalized spacial score (nSPS) is 26.6. The lowest BCUT2D eigenvalue weighted by molar-refractivity contribution is -0.271. The van der Waals surface area contributed by atoms with E-state index in [9.17, 15) is 44.7 Å². The number of para-hydroxylation sites is 1. The lowest BCUT2D eigenvalue weighted by atomic mass is 9.39. The number of aliphatic carboxylic acids is 1. The number of nitrogens with one attached hydrogen (secondary N) is 1. The van der Waals surface area contributed by atoms with Gasteiger partial charge < -0.3 is 69.5 Å². The number of methoxy groups -OCH3 is 1. The van der Waals surface area contributed by atoms with E-state index in [0.717, 1.165) is 65.6 Å². The molecule has 452 valence electrons. The van der Waals surface area contributed by atoms with Crippen molar-refractivity contribution >= 4 is 56.4 Å². The molecule has 4 saturated carbocycles. The van der Waals surface area contributed by atoms with Crippen LogP contribution in [0.2, 0.25) is 0 Å². The minimum absolute atomic E-state index is 0.00604. The molecule has 5 heterocycles. The summed E-state index contributed by atoms with van der Waals surface area (Å²) in [6, 6.07) is 19.4. The number of likely N-dealkylation sites (N-methyl/N-ethyl adjacent to an activating group) is 1. The van der Waals surface area contributed by atoms with Crippen molar-refractivity contribution in [1.29, 1.82) is 0 Å². The Morgan fingerprint density at radius 2 is 1.66 bits per heavy atom. The Hall–Kier alpha value is -7.45. The van der Waals surface area contributed by atoms with E-state index in [0.29, 0.717) is 78.0 Å². The van der Waals surface area contributed by atoms with E-state index >= 15 is 0 Å². The summed E-state index contributed by atoms with van der Waals surface area (Å²) in [5, 5.41) is 59.5. The van der Waals surface area contributed by atoms with Crippen LogP contribution in [0.4, 0.5) is 15.7 Å². The zero-order valence-electron chi connectivity index (χ0n) is 48.1. The predicted octanol–water partition coefficient (Wildman–Crippen LogP) is 6.79. The zero-order chi connectivity index (χ0) is 60.2. The molecule has 8 N–H and O–H groups in total. The molecule has 6 aromatic rings. The molecule has 1 saturated heterocycles. The van der Waals surface area contributed by atoms with E-state index in [2.05, 4.69) is 24.1 Å². The highest BCUT2D eigenvalue weighted by molar-refractivity contribution is 7.22. The average molecular weight is 1190 g/mol. The Bertz CT molecular complexity index is 3490. The number of hydrogen-bond donors (Lipinski definition) is 7. The Labute approximate surface area is 494 Å². The maximum atomic E-state index is 13.9. The summed E-state index contributed by atoms with van der Waals surface area (Å²) in [5.41, 5.74) is 10.4. The van der Waals surface area contributed by atoms with E-state index in [1.807, 2.05) is 46.8 Å². The number of benzene rings is 3. The van der Waals surface area contributed by atoms with Crippen LogP contribution < -0.4 is 30.2 Å². The molecule has 4 bridgehead atoms. The number of aromatic nitrogens is 4. The number of thiazole rings is 1. The number of amides is 2. The van der Waals surface area contributed by atoms with Gasteiger partial charge in [-0.25, -0.2) is 24.4 Å². The molecule has 6 aliphatic rings. The van der Waals surface area contributed by atoms with Gasteiger partial charge in [-0.3, -0.25) is 14.8 Å². The van der Waals surface area contributed by atoms with E-state index < -0.39 is 54.3 Å². The van der Waals surface area contributed by atoms with Crippen LogP contribution in [0.25, 0.3) is 21.3 Å². The van der Waals surface area contributed by atoms with Gasteiger partial charge in [0.25, 0.3) is 5.91 Å². The quantitative estimate of drug-likeness (QED) is 0.0365. The number of aliphatic hydroxyl groups excluding tert-OH is 3. The molecule has 0 radical (unpaired) electrons. The van der Waals surface area contributed by atoms with Crippen LogP contribution in [0.3, 0.4) is 0 Å². The highest BCUT2D eigenvalue weighted by Crippen LogP contribution is 2.72. The van der Waals surface area contributed by atoms with Crippen molar-refractivity contribution in [1.82, 2.24) is 24.6 Å². The molecule has 2 amide bonds. The summed E-state index contributed by atoms with van der Waals surface area (Å²) in [6.45, 7) is 9.00. The van der Waals surface area contributed by atoms with Crippen molar-refractivity contribution in [2.24, 2.45) is 22.0 Å². The number of carboxylic acids is 2. The van der Waals surface area contributed by atoms with Crippen LogP contribution in [0.15, 0.2) is 72.9 Å². The summed E-state index contributed by atoms with van der Waals surface area (Å²) < 4.78 is 38.4. The molecule has 3 aromatic heterocycles. The third-order valence-corrected chi connectivity index (χ3v) is 18.4. The van der Waals surface area contributed by atoms with Crippen molar-refractivity contribution in [3.8, 4) is 28.4 Å². The number of carboxylic acid groups (broad SMARTS) is 2. The Morgan fingerprint density at radius 3 is 2.39 bits per heavy atom. The number of aliphatic hydroxyl groups is 3. The number of pyridine rings is 1. The first-order valence-corrected chi connectivity index (χ1v) is 29.4. The number of carbonyl (C=O) groups is 4. The summed E-state index contributed by atoms with van der Waals surface area (Å²) in [4.78, 5) is 65.1. The second-order valence-corrected chi connectivity index (χ2v) is 25.4. The van der Waals surface area contributed by atoms with Crippen molar-refractivity contribution in [3.63, 3.8) is 0 Å². The lowest BCUT2D eigenvalue weighted by Gasteiger charge is -2.69. The number of nitrogens with zero attached hydrogens (tertiary/aromatic N) is 6. The number of anilines is 2. The molecule has 7 atom stereocenters. The van der Waals surface area contributed by atoms with Crippen LogP contribution in [-0.4, -0.2) is 157 Å². The Balaban J connectivity index is 0.741. The number of ether oxygens (including phenoxy) is 6. The van der Waals surface area contributed by atoms with Gasteiger partial charge in [0.15, 0.2) is 16.9 Å². The molecular formula is C61H72N8O15S. The van der Waals surface area contributed by atoms with Crippen molar-refractivity contribution < 1.29 is 73.1 Å². The fourth-order valence-corrected chi connectivity index (χ4v) is 15.7. The fourth-order valence-electron chi connectivity index (χ4n) is 14.8. The van der Waals surface area contributed by atoms with Gasteiger partial charge in [0, 0.05) is 72.8 Å². The minimum atomic E-state index is -1.88. The summed E-state index contributed by atoms with van der Waals surface area (Å²) in [7, 11) is 3.25. The lowest BCUT2D eigenvalue weighted by Crippen LogP contribution is -2.64. The van der Waals surface area contributed by atoms with Crippen molar-refractivity contribution in [2.45, 2.75) is 128 Å². The second-order valence-electron chi connectivity index (χ2n) is 24.4. The summed E-state index contributed by atoms with van der Waals surface area (Å²) in [6.07, 6.45) is -1.23. The number of fused-ring (bicyclic) bond motifs is 2. The number of nitrogens with two attached hydrogens (primary N) is 1. The maximum absolute atomic E-state index is 13.9. The summed E-state index contributed by atoms with van der Waals surface area (Å²) in [5.74, 6) is -1.52. The van der Waals surface area contributed by atoms with Gasteiger partial charge in [0.2, 0.25) is 6.29 Å². The van der Waals surface area contributed by atoms with Gasteiger partial charge in [-0.2, -0.15) is 5.10 Å². The molecule has 85 heavy (non-hydrogen) atoms. The van der Waals surface area contributed by atoms with E-state index in [-0.39, 0.29) is 65.7 Å². The molecule has 24 heteroatoms. The standard InChI is InChI=1S/C61H72N8O15S/c1-34-40(38-14-16-46(65-47(38)53(74)75)68-19-17-37-41(25-68)39(13-15-43(37)79-5)52(73)66-56-64-42-9-6-7-10-45(42)85-56)24-63-69(34)33-60-28-58(2)27-59(3,29-60)31-61(30-58,32-60)82-22-20-67(4)57(78)81-26-35-11-12-36(23-44(35)80-21-8-18-62)83-55-50(72)48(70)49(71)51(84-55)54(76)77/h6-7,9-16,23-24,48-51,55,70-72H,8,17-22,25-33,62H2,1-5H3,(H,74,75)(H,76,77)(H,64,66,73)/t48-,49-,50+,51-,55+,58?,59?,60?,61?/m0/s1. The molecular weight excluding hydrogens is 1120 g/mol. The molecule has 2 unspecified atom stereocenters. The first kappa shape index (κ1) is 59.3. The molecule has 5 fully saturated rings. The van der Waals surface area contributed by atoms with Gasteiger partial charge in [0.1, 0.15) is 48.0 Å². The molecule has 23 nitrogen and oxygen atoms in total. The van der Waals surface area contributed by atoms with E-state index in [1.54, 1.807) is 44.6 Å². The predicted molar refractivity (Wildman–Crippen MR) is 311 cm³/mol. The Kier molecular flexibility index (Phi) is 16.3. The summed E-state index contributed by atoms with van der Waals surface area (Å²) >= 11 is 1.40. The highest BCUT2D eigenvalue weighted by atomic mass is 32.1. The van der Waals surface area contributed by atoms with Gasteiger partial charge in [-0.05, 0) is 135 Å². The maximum Gasteiger partial charge on any atom is 0.409 e. The molecule has 2 aliphatic heterocycles. The van der Waals surface area contributed by atoms with Crippen LogP contribution in [0, 0.1) is 23.2 Å². The second kappa shape index (κ2) is 23.4. The van der Waals surface area contributed by atoms with Gasteiger partial charge in [0.05, 0.1) is 42.3 Å². The van der Waals surface area contributed by atoms with Gasteiger partial charge in [-0.1, -0.05) is 37.3 Å². The van der Waals surface area contributed by atoms with Crippen LogP contribution in [0.1, 0.15) is 102 Å². The van der Waals surface area contributed by atoms with Gasteiger partial charge in [-0.15, -0.1) is 0 Å². The topological polar surface area (TPSA) is 313 Å². The van der Waals surface area contributed by atoms with Crippen LogP contribution in [-0.2, 0) is 45.1 Å². The van der Waals surface area contributed by atoms with Crippen molar-refractivity contribution in [3.05, 3.63) is 107 Å². The number of hydrogen-bond acceptors (Lipinski definition) is 19. The third-order valence-electron chi connectivity index (χ3n) is 17.5. The van der Waals surface area contributed by atoms with E-state index in [1.165, 1.54) is 28.4 Å². The molecule has 3 aromatic carbocycles. The van der Waals surface area contributed by atoms with E-state index in [4.69, 9.17) is 44.2 Å². The Morgan fingerprint density at radius 1 is 0.882 bits per heavy atom. The smallest absolute Gasteiger partial charge is 0.409 e. The fraction of sp³-hybridized carbons (Fsp3) is 0.492. The monoisotopic (exact) mass is 1190 g/mol. The number of carbonyl (C=O) groups excluding carboxylic acids is 2. The third kappa shape index (κ3) is 12.0. The minimum Gasteiger partial charge on any atom is -0.496 e. The number of rotatable bonds is 21. The zero-order valence-corrected chi connectivity index (χ0v) is 48.9. The highest BCUT2D eigenvalue weighted by Gasteiger charge is 2.66. The first-order valence-electron chi connectivity index (χ1n) is 28.5. The molecule has 12 rings (SSSR count). The first-order chi connectivity index (χ1) is 40.6.